The van der Waals surface area contributed by atoms with E-state index >= 15 is 0 Å². The van der Waals surface area contributed by atoms with Crippen LogP contribution in [0.25, 0.3) is 5.52 Å². The molecular formula is C14H15BClN3O2. The summed E-state index contributed by atoms with van der Waals surface area (Å²) in [4.78, 5) is 19.5. The molecule has 0 atom stereocenters. The van der Waals surface area contributed by atoms with Gasteiger partial charge >= 0.3 is 5.97 Å². The maximum atomic E-state index is 11.0. The average Bonchev–Trinajstić information content (AvgIpc) is 2.78. The zero-order valence-electron chi connectivity index (χ0n) is 11.8. The fraction of sp³-hybridized carbons (Fsp3) is 0.500. The van der Waals surface area contributed by atoms with Crippen molar-refractivity contribution in [3.05, 3.63) is 23.4 Å². The van der Waals surface area contributed by atoms with Gasteiger partial charge < -0.3 is 4.74 Å². The number of rotatable bonds is 2. The van der Waals surface area contributed by atoms with Crippen molar-refractivity contribution in [3.8, 4) is 0 Å². The van der Waals surface area contributed by atoms with Crippen LogP contribution >= 0.6 is 11.6 Å². The van der Waals surface area contributed by atoms with E-state index in [9.17, 15) is 4.79 Å². The van der Waals surface area contributed by atoms with Crippen molar-refractivity contribution in [2.75, 3.05) is 0 Å². The Labute approximate surface area is 129 Å². The predicted molar refractivity (Wildman–Crippen MR) is 80.1 cm³/mol. The second-order valence-electron chi connectivity index (χ2n) is 5.37. The Morgan fingerprint density at radius 3 is 2.81 bits per heavy atom. The van der Waals surface area contributed by atoms with Crippen LogP contribution in [-0.2, 0) is 9.53 Å². The van der Waals surface area contributed by atoms with Crippen LogP contribution < -0.4 is 5.59 Å². The Morgan fingerprint density at radius 1 is 1.43 bits per heavy atom. The molecule has 1 aliphatic rings. The number of hydrogen-bond acceptors (Lipinski definition) is 4. The largest absolute Gasteiger partial charge is 0.463 e. The topological polar surface area (TPSA) is 56.5 Å². The normalized spacial score (nSPS) is 22.4. The number of fused-ring (bicyclic) bond motifs is 1. The van der Waals surface area contributed by atoms with Crippen LogP contribution in [0.2, 0.25) is 5.15 Å². The average molecular weight is 304 g/mol. The van der Waals surface area contributed by atoms with Gasteiger partial charge in [-0.15, -0.1) is 0 Å². The molecule has 2 aromatic rings. The lowest BCUT2D eigenvalue weighted by molar-refractivity contribution is -0.147. The summed E-state index contributed by atoms with van der Waals surface area (Å²) in [7, 11) is 5.95. The van der Waals surface area contributed by atoms with Crippen molar-refractivity contribution in [1.82, 2.24) is 14.4 Å². The molecule has 0 unspecified atom stereocenters. The summed E-state index contributed by atoms with van der Waals surface area (Å²) in [5.74, 6) is 0.986. The van der Waals surface area contributed by atoms with Gasteiger partial charge in [-0.25, -0.2) is 9.97 Å². The molecule has 1 fully saturated rings. The second-order valence-corrected chi connectivity index (χ2v) is 5.73. The summed E-state index contributed by atoms with van der Waals surface area (Å²) in [6, 6.07) is 0. The van der Waals surface area contributed by atoms with Crippen LogP contribution in [0.5, 0.6) is 0 Å². The molecule has 0 aromatic carbocycles. The Balaban J connectivity index is 1.83. The predicted octanol–water partition coefficient (Wildman–Crippen LogP) is 1.77. The van der Waals surface area contributed by atoms with Crippen LogP contribution in [0.3, 0.4) is 0 Å². The van der Waals surface area contributed by atoms with Gasteiger partial charge in [-0.05, 0) is 25.7 Å². The molecule has 0 N–H and O–H groups in total. The van der Waals surface area contributed by atoms with Crippen molar-refractivity contribution < 1.29 is 9.53 Å². The van der Waals surface area contributed by atoms with Gasteiger partial charge in [0.1, 0.15) is 19.8 Å². The monoisotopic (exact) mass is 303 g/mol. The number of esters is 1. The molecule has 3 rings (SSSR count). The van der Waals surface area contributed by atoms with Crippen molar-refractivity contribution in [1.29, 1.82) is 0 Å². The zero-order valence-corrected chi connectivity index (χ0v) is 12.5. The summed E-state index contributed by atoms with van der Waals surface area (Å²) < 4.78 is 7.18. The highest BCUT2D eigenvalue weighted by Crippen LogP contribution is 2.33. The zero-order chi connectivity index (χ0) is 15.0. The van der Waals surface area contributed by atoms with E-state index in [1.165, 1.54) is 6.92 Å². The lowest BCUT2D eigenvalue weighted by atomic mass is 9.87. The molecule has 1 aliphatic carbocycles. The van der Waals surface area contributed by atoms with E-state index < -0.39 is 0 Å². The maximum absolute atomic E-state index is 11.0. The lowest BCUT2D eigenvalue weighted by Crippen LogP contribution is -2.23. The van der Waals surface area contributed by atoms with Gasteiger partial charge in [-0.1, -0.05) is 11.6 Å². The minimum Gasteiger partial charge on any atom is -0.463 e. The fourth-order valence-corrected chi connectivity index (χ4v) is 3.26. The number of carbonyl (C=O) groups excluding carboxylic acids is 1. The SMILES string of the molecule is [B]c1nc(C2CCC(OC(C)=O)CC2)n2ccnc(Cl)c12. The van der Waals surface area contributed by atoms with Crippen LogP contribution in [0.15, 0.2) is 12.4 Å². The Morgan fingerprint density at radius 2 is 2.14 bits per heavy atom. The van der Waals surface area contributed by atoms with Crippen LogP contribution in [0, 0.1) is 0 Å². The van der Waals surface area contributed by atoms with Gasteiger partial charge in [0, 0.05) is 30.8 Å². The Kier molecular flexibility index (Phi) is 3.89. The molecule has 0 saturated heterocycles. The van der Waals surface area contributed by atoms with Gasteiger partial charge in [0.25, 0.3) is 0 Å². The van der Waals surface area contributed by atoms with Gasteiger partial charge in [0.2, 0.25) is 0 Å². The number of hydrogen-bond donors (Lipinski definition) is 0. The number of aromatic nitrogens is 3. The summed E-state index contributed by atoms with van der Waals surface area (Å²) in [5.41, 5.74) is 1.07. The molecule has 0 amide bonds. The smallest absolute Gasteiger partial charge is 0.302 e. The molecule has 7 heteroatoms. The third-order valence-corrected chi connectivity index (χ3v) is 4.21. The molecule has 2 radical (unpaired) electrons. The summed E-state index contributed by atoms with van der Waals surface area (Å²) in [6.45, 7) is 1.45. The molecule has 21 heavy (non-hydrogen) atoms. The third-order valence-electron chi connectivity index (χ3n) is 3.94. The fourth-order valence-electron chi connectivity index (χ4n) is 3.01. The molecule has 0 aliphatic heterocycles. The molecule has 5 nitrogen and oxygen atoms in total. The lowest BCUT2D eigenvalue weighted by Gasteiger charge is -2.27. The Hall–Kier alpha value is -1.56. The number of carbonyl (C=O) groups is 1. The van der Waals surface area contributed by atoms with Gasteiger partial charge in [0.15, 0.2) is 5.15 Å². The van der Waals surface area contributed by atoms with E-state index in [1.54, 1.807) is 6.20 Å². The van der Waals surface area contributed by atoms with Crippen LogP contribution in [0.4, 0.5) is 0 Å². The highest BCUT2D eigenvalue weighted by molar-refractivity contribution is 6.40. The molecule has 0 bridgehead atoms. The van der Waals surface area contributed by atoms with E-state index in [-0.39, 0.29) is 12.1 Å². The quantitative estimate of drug-likeness (QED) is 0.627. The first-order chi connectivity index (χ1) is 10.1. The minimum atomic E-state index is -0.216. The van der Waals surface area contributed by atoms with Gasteiger partial charge in [-0.2, -0.15) is 0 Å². The van der Waals surface area contributed by atoms with Gasteiger partial charge in [0.05, 0.1) is 5.52 Å². The number of nitrogens with zero attached hydrogens (tertiary/aromatic N) is 3. The standard InChI is InChI=1S/C14H15BClN3O2/c1-8(20)21-10-4-2-9(3-5-10)14-18-12(15)11-13(16)17-6-7-19(11)14/h6-7,9-10H,2-5H2,1H3. The van der Waals surface area contributed by atoms with E-state index in [4.69, 9.17) is 24.2 Å². The van der Waals surface area contributed by atoms with E-state index in [1.807, 2.05) is 10.6 Å². The number of imidazole rings is 1. The molecule has 1 saturated carbocycles. The molecular weight excluding hydrogens is 288 g/mol. The first-order valence-electron chi connectivity index (χ1n) is 7.01. The van der Waals surface area contributed by atoms with Crippen molar-refractivity contribution in [2.45, 2.75) is 44.6 Å². The number of ether oxygens (including phenoxy) is 1. The van der Waals surface area contributed by atoms with E-state index in [0.717, 1.165) is 31.5 Å². The third kappa shape index (κ3) is 2.77. The summed E-state index contributed by atoms with van der Waals surface area (Å²) in [5, 5.41) is 0.363. The van der Waals surface area contributed by atoms with Crippen molar-refractivity contribution in [2.24, 2.45) is 0 Å². The molecule has 2 heterocycles. The minimum absolute atomic E-state index is 0.0209. The Bertz CT molecular complexity index is 680. The molecule has 0 spiro atoms. The summed E-state index contributed by atoms with van der Waals surface area (Å²) >= 11 is 6.09. The molecule has 108 valence electrons. The highest BCUT2D eigenvalue weighted by atomic mass is 35.5. The van der Waals surface area contributed by atoms with E-state index in [0.29, 0.717) is 22.2 Å². The van der Waals surface area contributed by atoms with Gasteiger partial charge in [-0.3, -0.25) is 9.20 Å². The highest BCUT2D eigenvalue weighted by Gasteiger charge is 2.27. The van der Waals surface area contributed by atoms with Crippen LogP contribution in [0.1, 0.15) is 44.3 Å². The number of halogens is 1. The van der Waals surface area contributed by atoms with E-state index in [2.05, 4.69) is 9.97 Å². The second kappa shape index (κ2) is 5.68. The van der Waals surface area contributed by atoms with Crippen molar-refractivity contribution in [3.63, 3.8) is 0 Å². The summed E-state index contributed by atoms with van der Waals surface area (Å²) in [6.07, 6.45) is 7.01. The van der Waals surface area contributed by atoms with Crippen molar-refractivity contribution >= 4 is 36.5 Å². The first-order valence-corrected chi connectivity index (χ1v) is 7.39. The molecule has 2 aromatic heterocycles. The maximum Gasteiger partial charge on any atom is 0.302 e. The van der Waals surface area contributed by atoms with Crippen LogP contribution in [-0.4, -0.2) is 34.3 Å². The first kappa shape index (κ1) is 14.4.